The Balaban J connectivity index is 1.47. The molecule has 1 heterocycles. The zero-order chi connectivity index (χ0) is 20.9. The van der Waals surface area contributed by atoms with E-state index in [-0.39, 0.29) is 71.0 Å². The molecule has 2 bridgehead atoms. The number of ether oxygens (including phenoxy) is 3. The van der Waals surface area contributed by atoms with Gasteiger partial charge in [-0.15, -0.1) is 0 Å². The minimum absolute atomic E-state index is 0.000187. The summed E-state index contributed by atoms with van der Waals surface area (Å²) in [6.07, 6.45) is 0.709. The highest BCUT2D eigenvalue weighted by atomic mass is 16.6. The smallest absolute Gasteiger partial charge is 0.458 e. The molecule has 6 unspecified atom stereocenters. The van der Waals surface area contributed by atoms with Crippen LogP contribution in [0.15, 0.2) is 0 Å². The second-order valence-corrected chi connectivity index (χ2v) is 10.3. The Bertz CT molecular complexity index is 654. The Labute approximate surface area is 167 Å². The standard InChI is InChI=1S/C21H34NO6/c1-12(2)22(6,11-21(3,4)5)20(25)26-8-7-16(23)27-17-13-9-14-15(10-13)19(24)28-18(14)17/h12-15,17-18H,7-11H2,1-6H3/q+1. The van der Waals surface area contributed by atoms with Crippen LogP contribution < -0.4 is 0 Å². The molecule has 7 heteroatoms. The van der Waals surface area contributed by atoms with Crippen LogP contribution in [-0.4, -0.2) is 61.0 Å². The van der Waals surface area contributed by atoms with Crippen LogP contribution in [0.5, 0.6) is 0 Å². The van der Waals surface area contributed by atoms with Gasteiger partial charge in [0.25, 0.3) is 0 Å². The van der Waals surface area contributed by atoms with Gasteiger partial charge in [-0.2, -0.15) is 4.79 Å². The molecule has 158 valence electrons. The summed E-state index contributed by atoms with van der Waals surface area (Å²) in [5.74, 6) is -0.130. The fourth-order valence-corrected chi connectivity index (χ4v) is 5.09. The van der Waals surface area contributed by atoms with Crippen LogP contribution in [0.2, 0.25) is 0 Å². The second-order valence-electron chi connectivity index (χ2n) is 10.3. The summed E-state index contributed by atoms with van der Waals surface area (Å²) < 4.78 is 16.6. The first-order chi connectivity index (χ1) is 12.9. The molecule has 28 heavy (non-hydrogen) atoms. The second kappa shape index (κ2) is 7.32. The number of rotatable bonds is 6. The van der Waals surface area contributed by atoms with Crippen molar-refractivity contribution in [1.29, 1.82) is 0 Å². The quantitative estimate of drug-likeness (QED) is 0.390. The number of nitrogens with zero attached hydrogens (tertiary/aromatic N) is 1. The molecular weight excluding hydrogens is 362 g/mol. The molecule has 0 N–H and O–H groups in total. The van der Waals surface area contributed by atoms with Crippen molar-refractivity contribution in [3.63, 3.8) is 0 Å². The van der Waals surface area contributed by atoms with Crippen molar-refractivity contribution in [2.75, 3.05) is 20.2 Å². The van der Waals surface area contributed by atoms with Crippen LogP contribution in [0.3, 0.4) is 0 Å². The zero-order valence-electron chi connectivity index (χ0n) is 17.9. The van der Waals surface area contributed by atoms with Crippen LogP contribution in [0.25, 0.3) is 0 Å². The fraction of sp³-hybridized carbons (Fsp3) is 0.857. The number of carbonyl (C=O) groups excluding carboxylic acids is 3. The first-order valence-corrected chi connectivity index (χ1v) is 10.3. The Morgan fingerprint density at radius 3 is 2.54 bits per heavy atom. The normalized spacial score (nSPS) is 33.0. The molecule has 1 amide bonds. The van der Waals surface area contributed by atoms with Crippen molar-refractivity contribution in [2.24, 2.45) is 23.2 Å². The third-order valence-electron chi connectivity index (χ3n) is 6.57. The summed E-state index contributed by atoms with van der Waals surface area (Å²) in [6, 6.07) is 0.0673. The molecule has 0 aromatic rings. The lowest BCUT2D eigenvalue weighted by Crippen LogP contribution is -2.57. The zero-order valence-corrected chi connectivity index (χ0v) is 17.9. The van der Waals surface area contributed by atoms with Crippen molar-refractivity contribution in [3.8, 4) is 0 Å². The van der Waals surface area contributed by atoms with E-state index in [1.54, 1.807) is 0 Å². The van der Waals surface area contributed by atoms with Gasteiger partial charge in [-0.05, 0) is 26.7 Å². The minimum Gasteiger partial charge on any atom is -0.458 e. The van der Waals surface area contributed by atoms with Gasteiger partial charge in [0.1, 0.15) is 18.8 Å². The third-order valence-corrected chi connectivity index (χ3v) is 6.57. The molecule has 2 saturated carbocycles. The highest BCUT2D eigenvalue weighted by molar-refractivity contribution is 5.77. The lowest BCUT2D eigenvalue weighted by atomic mass is 9.88. The van der Waals surface area contributed by atoms with Crippen molar-refractivity contribution in [1.82, 2.24) is 0 Å². The first-order valence-electron chi connectivity index (χ1n) is 10.3. The van der Waals surface area contributed by atoms with Gasteiger partial charge >= 0.3 is 18.0 Å². The topological polar surface area (TPSA) is 78.9 Å². The van der Waals surface area contributed by atoms with E-state index in [0.29, 0.717) is 6.54 Å². The number of amides is 1. The molecule has 3 aliphatic rings. The molecule has 3 fully saturated rings. The van der Waals surface area contributed by atoms with Gasteiger partial charge in [0.15, 0.2) is 0 Å². The van der Waals surface area contributed by atoms with Crippen molar-refractivity contribution >= 4 is 18.0 Å². The van der Waals surface area contributed by atoms with Gasteiger partial charge in [-0.1, -0.05) is 20.8 Å². The van der Waals surface area contributed by atoms with Gasteiger partial charge in [0, 0.05) is 17.3 Å². The molecule has 7 nitrogen and oxygen atoms in total. The highest BCUT2D eigenvalue weighted by Crippen LogP contribution is 2.55. The average molecular weight is 397 g/mol. The van der Waals surface area contributed by atoms with Crippen LogP contribution in [0.4, 0.5) is 4.79 Å². The third kappa shape index (κ3) is 3.91. The van der Waals surface area contributed by atoms with Gasteiger partial charge in [0.2, 0.25) is 0 Å². The van der Waals surface area contributed by atoms with Gasteiger partial charge < -0.3 is 14.2 Å². The number of esters is 2. The number of quaternary nitrogens is 1. The van der Waals surface area contributed by atoms with Crippen LogP contribution >= 0.6 is 0 Å². The van der Waals surface area contributed by atoms with E-state index in [2.05, 4.69) is 20.8 Å². The summed E-state index contributed by atoms with van der Waals surface area (Å²) in [7, 11) is 1.87. The van der Waals surface area contributed by atoms with E-state index in [1.807, 2.05) is 20.9 Å². The molecule has 3 rings (SSSR count). The van der Waals surface area contributed by atoms with E-state index < -0.39 is 5.97 Å². The summed E-state index contributed by atoms with van der Waals surface area (Å²) in [6.45, 7) is 10.9. The van der Waals surface area contributed by atoms with E-state index in [1.165, 1.54) is 0 Å². The summed E-state index contributed by atoms with van der Waals surface area (Å²) in [4.78, 5) is 36.8. The Hall–Kier alpha value is -1.63. The maximum Gasteiger partial charge on any atom is 0.516 e. The molecule has 0 aromatic heterocycles. The molecule has 0 radical (unpaired) electrons. The largest absolute Gasteiger partial charge is 0.516 e. The lowest BCUT2D eigenvalue weighted by molar-refractivity contribution is -0.865. The number of hydrogen-bond acceptors (Lipinski definition) is 6. The van der Waals surface area contributed by atoms with Crippen LogP contribution in [0, 0.1) is 23.2 Å². The van der Waals surface area contributed by atoms with E-state index in [4.69, 9.17) is 14.2 Å². The highest BCUT2D eigenvalue weighted by Gasteiger charge is 2.63. The van der Waals surface area contributed by atoms with E-state index >= 15 is 0 Å². The van der Waals surface area contributed by atoms with Crippen LogP contribution in [-0.2, 0) is 23.8 Å². The summed E-state index contributed by atoms with van der Waals surface area (Å²) in [5.41, 5.74) is -0.0324. The predicted molar refractivity (Wildman–Crippen MR) is 101 cm³/mol. The summed E-state index contributed by atoms with van der Waals surface area (Å²) >= 11 is 0. The predicted octanol–water partition coefficient (Wildman–Crippen LogP) is 2.91. The molecule has 6 atom stereocenters. The van der Waals surface area contributed by atoms with E-state index in [9.17, 15) is 14.4 Å². The molecule has 2 aliphatic carbocycles. The maximum absolute atomic E-state index is 12.7. The number of hydrogen-bond donors (Lipinski definition) is 0. The van der Waals surface area contributed by atoms with Crippen molar-refractivity contribution < 1.29 is 33.1 Å². The maximum atomic E-state index is 12.7. The van der Waals surface area contributed by atoms with Crippen molar-refractivity contribution in [3.05, 3.63) is 0 Å². The molecular formula is C21H34NO6+. The first kappa shape index (κ1) is 21.1. The Kier molecular flexibility index (Phi) is 5.51. The lowest BCUT2D eigenvalue weighted by Gasteiger charge is -2.38. The number of carbonyl (C=O) groups is 3. The van der Waals surface area contributed by atoms with Gasteiger partial charge in [0.05, 0.1) is 32.0 Å². The Morgan fingerprint density at radius 2 is 1.93 bits per heavy atom. The van der Waals surface area contributed by atoms with E-state index in [0.717, 1.165) is 12.8 Å². The fourth-order valence-electron chi connectivity index (χ4n) is 5.09. The average Bonchev–Trinajstić information content (AvgIpc) is 3.18. The van der Waals surface area contributed by atoms with Gasteiger partial charge in [-0.25, -0.2) is 4.48 Å². The molecule has 0 spiro atoms. The van der Waals surface area contributed by atoms with Gasteiger partial charge in [-0.3, -0.25) is 9.59 Å². The Morgan fingerprint density at radius 1 is 1.25 bits per heavy atom. The molecule has 1 aliphatic heterocycles. The molecule has 1 saturated heterocycles. The molecule has 0 aromatic carbocycles. The van der Waals surface area contributed by atoms with Crippen molar-refractivity contribution in [2.45, 2.75) is 72.1 Å². The summed E-state index contributed by atoms with van der Waals surface area (Å²) in [5, 5.41) is 0. The SMILES string of the molecule is CC(C)[N+](C)(CC(C)(C)C)C(=O)OCCC(=O)OC1C2CC3C(=O)OC1C3C2. The van der Waals surface area contributed by atoms with Crippen LogP contribution in [0.1, 0.15) is 53.9 Å². The minimum atomic E-state index is -0.403. The number of fused-ring (bicyclic) bond motifs is 1. The monoisotopic (exact) mass is 396 g/mol.